The fraction of sp³-hybridized carbons (Fsp3) is 0.304. The van der Waals surface area contributed by atoms with E-state index in [0.717, 1.165) is 36.3 Å². The van der Waals surface area contributed by atoms with Crippen LogP contribution in [0.5, 0.6) is 0 Å². The van der Waals surface area contributed by atoms with Crippen molar-refractivity contribution in [3.05, 3.63) is 66.0 Å². The Kier molecular flexibility index (Phi) is 5.70. The molecule has 4 rings (SSSR count). The van der Waals surface area contributed by atoms with Crippen molar-refractivity contribution in [2.24, 2.45) is 0 Å². The van der Waals surface area contributed by atoms with Crippen LogP contribution >= 0.6 is 0 Å². The molecular formula is C23H24FN5O. The summed E-state index contributed by atoms with van der Waals surface area (Å²) in [7, 11) is 0. The monoisotopic (exact) mass is 405 g/mol. The quantitative estimate of drug-likeness (QED) is 0.694. The molecule has 0 aliphatic carbocycles. The Hall–Kier alpha value is -3.35. The van der Waals surface area contributed by atoms with Gasteiger partial charge in [0.1, 0.15) is 17.5 Å². The van der Waals surface area contributed by atoms with Crippen LogP contribution in [0.2, 0.25) is 0 Å². The molecule has 0 bridgehead atoms. The maximum Gasteiger partial charge on any atom is 0.219 e. The summed E-state index contributed by atoms with van der Waals surface area (Å²) in [6.45, 7) is 4.89. The van der Waals surface area contributed by atoms with Crippen molar-refractivity contribution in [2.45, 2.75) is 32.6 Å². The van der Waals surface area contributed by atoms with E-state index < -0.39 is 0 Å². The van der Waals surface area contributed by atoms with Gasteiger partial charge in [-0.2, -0.15) is 0 Å². The topological polar surface area (TPSA) is 71.0 Å². The minimum absolute atomic E-state index is 0.0501. The highest BCUT2D eigenvalue weighted by Gasteiger charge is 2.25. The van der Waals surface area contributed by atoms with Gasteiger partial charge in [0.05, 0.1) is 5.69 Å². The molecule has 1 aliphatic rings. The normalized spacial score (nSPS) is 16.4. The van der Waals surface area contributed by atoms with Gasteiger partial charge in [-0.3, -0.25) is 9.78 Å². The van der Waals surface area contributed by atoms with Gasteiger partial charge in [-0.15, -0.1) is 0 Å². The lowest BCUT2D eigenvalue weighted by molar-refractivity contribution is -0.130. The molecule has 1 atom stereocenters. The molecule has 7 heteroatoms. The lowest BCUT2D eigenvalue weighted by Crippen LogP contribution is -2.38. The summed E-state index contributed by atoms with van der Waals surface area (Å²) in [5.74, 6) is 1.06. The van der Waals surface area contributed by atoms with Gasteiger partial charge in [0.2, 0.25) is 5.91 Å². The number of aryl methyl sites for hydroxylation is 1. The van der Waals surface area contributed by atoms with Crippen molar-refractivity contribution in [2.75, 3.05) is 18.4 Å². The van der Waals surface area contributed by atoms with Crippen LogP contribution in [-0.4, -0.2) is 38.8 Å². The van der Waals surface area contributed by atoms with Crippen LogP contribution in [-0.2, 0) is 4.79 Å². The van der Waals surface area contributed by atoms with Gasteiger partial charge in [0, 0.05) is 55.1 Å². The van der Waals surface area contributed by atoms with E-state index in [1.54, 1.807) is 25.3 Å². The van der Waals surface area contributed by atoms with Gasteiger partial charge < -0.3 is 10.2 Å². The second-order valence-electron chi connectivity index (χ2n) is 7.62. The van der Waals surface area contributed by atoms with E-state index >= 15 is 0 Å². The number of aromatic nitrogens is 3. The number of rotatable bonds is 4. The molecule has 0 saturated carbocycles. The number of hydrogen-bond donors (Lipinski definition) is 1. The second kappa shape index (κ2) is 8.57. The summed E-state index contributed by atoms with van der Waals surface area (Å²) in [6.07, 6.45) is 3.62. The largest absolute Gasteiger partial charge is 0.342 e. The average molecular weight is 405 g/mol. The summed E-state index contributed by atoms with van der Waals surface area (Å²) in [4.78, 5) is 27.6. The Labute approximate surface area is 175 Å². The number of benzene rings is 1. The number of piperidine rings is 1. The van der Waals surface area contributed by atoms with Gasteiger partial charge in [0.25, 0.3) is 0 Å². The minimum atomic E-state index is -0.318. The van der Waals surface area contributed by atoms with E-state index in [1.807, 2.05) is 30.0 Å². The number of nitrogens with zero attached hydrogens (tertiary/aromatic N) is 4. The number of carbonyl (C=O) groups excluding carboxylic acids is 1. The standard InChI is InChI=1S/C23H24FN5O/c1-15-8-9-17(13-25-15)21-12-22(26-20-7-3-6-19(24)11-20)28-23(27-21)18-5-4-10-29(14-18)16(2)30/h3,6-9,11-13,18H,4-5,10,14H2,1-2H3,(H,26,27,28). The Morgan fingerprint density at radius 2 is 2.07 bits per heavy atom. The summed E-state index contributed by atoms with van der Waals surface area (Å²) < 4.78 is 13.6. The number of carbonyl (C=O) groups is 1. The highest BCUT2D eigenvalue weighted by atomic mass is 19.1. The van der Waals surface area contributed by atoms with E-state index in [2.05, 4.69) is 10.3 Å². The Morgan fingerprint density at radius 3 is 2.80 bits per heavy atom. The summed E-state index contributed by atoms with van der Waals surface area (Å²) in [5, 5.41) is 3.19. The van der Waals surface area contributed by atoms with Crippen LogP contribution in [0, 0.1) is 12.7 Å². The molecule has 2 aromatic heterocycles. The first-order valence-electron chi connectivity index (χ1n) is 10.1. The highest BCUT2D eigenvalue weighted by Crippen LogP contribution is 2.29. The second-order valence-corrected chi connectivity index (χ2v) is 7.62. The number of hydrogen-bond acceptors (Lipinski definition) is 5. The molecule has 1 aromatic carbocycles. The fourth-order valence-electron chi connectivity index (χ4n) is 3.67. The summed E-state index contributed by atoms with van der Waals surface area (Å²) in [5.41, 5.74) is 3.16. The van der Waals surface area contributed by atoms with Crippen molar-refractivity contribution in [1.82, 2.24) is 19.9 Å². The van der Waals surface area contributed by atoms with Crippen molar-refractivity contribution in [1.29, 1.82) is 0 Å². The van der Waals surface area contributed by atoms with Crippen molar-refractivity contribution in [3.63, 3.8) is 0 Å². The summed E-state index contributed by atoms with van der Waals surface area (Å²) >= 11 is 0. The zero-order valence-electron chi connectivity index (χ0n) is 17.1. The molecule has 1 amide bonds. The van der Waals surface area contributed by atoms with Crippen LogP contribution < -0.4 is 5.32 Å². The summed E-state index contributed by atoms with van der Waals surface area (Å²) in [6, 6.07) is 12.0. The number of nitrogens with one attached hydrogen (secondary N) is 1. The van der Waals surface area contributed by atoms with Crippen LogP contribution in [0.3, 0.4) is 0 Å². The maximum absolute atomic E-state index is 13.6. The molecule has 1 N–H and O–H groups in total. The highest BCUT2D eigenvalue weighted by molar-refractivity contribution is 5.73. The van der Waals surface area contributed by atoms with Crippen molar-refractivity contribution in [3.8, 4) is 11.3 Å². The van der Waals surface area contributed by atoms with Crippen LogP contribution in [0.1, 0.15) is 37.2 Å². The Bertz CT molecular complexity index is 1050. The molecule has 0 spiro atoms. The zero-order chi connectivity index (χ0) is 21.1. The third kappa shape index (κ3) is 4.62. The van der Waals surface area contributed by atoms with Crippen molar-refractivity contribution < 1.29 is 9.18 Å². The average Bonchev–Trinajstić information content (AvgIpc) is 2.74. The van der Waals surface area contributed by atoms with Crippen LogP contribution in [0.25, 0.3) is 11.3 Å². The number of amides is 1. The van der Waals surface area contributed by atoms with E-state index in [-0.39, 0.29) is 17.6 Å². The molecule has 0 radical (unpaired) electrons. The zero-order valence-corrected chi connectivity index (χ0v) is 17.1. The molecular weight excluding hydrogens is 381 g/mol. The number of likely N-dealkylation sites (tertiary alicyclic amines) is 1. The molecule has 3 heterocycles. The molecule has 1 unspecified atom stereocenters. The first-order valence-corrected chi connectivity index (χ1v) is 10.1. The SMILES string of the molecule is CC(=O)N1CCCC(c2nc(Nc3cccc(F)c3)cc(-c3ccc(C)nc3)n2)C1. The van der Waals surface area contributed by atoms with E-state index in [0.29, 0.717) is 23.9 Å². The maximum atomic E-state index is 13.6. The molecule has 1 saturated heterocycles. The Morgan fingerprint density at radius 1 is 1.20 bits per heavy atom. The number of pyridine rings is 1. The Balaban J connectivity index is 1.72. The molecule has 30 heavy (non-hydrogen) atoms. The van der Waals surface area contributed by atoms with Gasteiger partial charge in [-0.05, 0) is 50.1 Å². The number of halogens is 1. The molecule has 3 aromatic rings. The van der Waals surface area contributed by atoms with E-state index in [1.165, 1.54) is 12.1 Å². The van der Waals surface area contributed by atoms with Gasteiger partial charge >= 0.3 is 0 Å². The minimum Gasteiger partial charge on any atom is -0.342 e. The first-order chi connectivity index (χ1) is 14.5. The molecule has 1 fully saturated rings. The predicted octanol–water partition coefficient (Wildman–Crippen LogP) is 4.46. The van der Waals surface area contributed by atoms with Crippen molar-refractivity contribution >= 4 is 17.4 Å². The predicted molar refractivity (Wildman–Crippen MR) is 114 cm³/mol. The lowest BCUT2D eigenvalue weighted by Gasteiger charge is -2.31. The van der Waals surface area contributed by atoms with Gasteiger partial charge in [0.15, 0.2) is 0 Å². The van der Waals surface area contributed by atoms with Crippen LogP contribution in [0.15, 0.2) is 48.7 Å². The lowest BCUT2D eigenvalue weighted by atomic mass is 9.97. The van der Waals surface area contributed by atoms with E-state index in [4.69, 9.17) is 9.97 Å². The van der Waals surface area contributed by atoms with Crippen LogP contribution in [0.4, 0.5) is 15.9 Å². The smallest absolute Gasteiger partial charge is 0.219 e. The third-order valence-electron chi connectivity index (χ3n) is 5.28. The molecule has 154 valence electrons. The van der Waals surface area contributed by atoms with E-state index in [9.17, 15) is 9.18 Å². The number of anilines is 2. The van der Waals surface area contributed by atoms with Gasteiger partial charge in [-0.25, -0.2) is 14.4 Å². The fourth-order valence-corrected chi connectivity index (χ4v) is 3.67. The van der Waals surface area contributed by atoms with Gasteiger partial charge in [-0.1, -0.05) is 6.07 Å². The molecule has 1 aliphatic heterocycles. The first kappa shape index (κ1) is 19.9. The molecule has 6 nitrogen and oxygen atoms in total. The third-order valence-corrected chi connectivity index (χ3v) is 5.28.